The molecule has 2 rings (SSSR count). The molecule has 1 aromatic carbocycles. The van der Waals surface area contributed by atoms with E-state index in [0.29, 0.717) is 5.56 Å². The third kappa shape index (κ3) is 3.81. The van der Waals surface area contributed by atoms with Gasteiger partial charge in [0, 0.05) is 6.54 Å². The smallest absolute Gasteiger partial charge is 0.315 e. The first-order valence-corrected chi connectivity index (χ1v) is 8.42. The molecule has 1 atom stereocenters. The lowest BCUT2D eigenvalue weighted by molar-refractivity contribution is -0.385. The number of carbonyl (C=O) groups is 2. The van der Waals surface area contributed by atoms with Gasteiger partial charge >= 0.3 is 11.7 Å². The molecule has 0 saturated heterocycles. The van der Waals surface area contributed by atoms with E-state index in [1.54, 1.807) is 51.1 Å². The molecule has 0 radical (unpaired) electrons. The van der Waals surface area contributed by atoms with Crippen LogP contribution >= 0.6 is 0 Å². The first kappa shape index (κ1) is 20.1. The highest BCUT2D eigenvalue weighted by atomic mass is 16.6. The Morgan fingerprint density at radius 3 is 2.41 bits per heavy atom. The number of carboxylic acid groups (broad SMARTS) is 1. The normalized spacial score (nSPS) is 13.6. The summed E-state index contributed by atoms with van der Waals surface area (Å²) in [6.07, 6.45) is 2.51. The SMILES string of the molecule is CCC(CNC(=O)C(C)(C)n1cc([N+](=O)[O-])cn1)(C(=O)O)c1ccccc1. The highest BCUT2D eigenvalue weighted by Crippen LogP contribution is 2.28. The molecule has 0 aliphatic rings. The molecule has 0 aliphatic carbocycles. The number of aromatic nitrogens is 2. The van der Waals surface area contributed by atoms with E-state index in [1.807, 2.05) is 0 Å². The minimum absolute atomic E-state index is 0.117. The number of rotatable bonds is 8. The van der Waals surface area contributed by atoms with Crippen molar-refractivity contribution >= 4 is 17.6 Å². The van der Waals surface area contributed by atoms with Crippen LogP contribution < -0.4 is 5.32 Å². The van der Waals surface area contributed by atoms with Gasteiger partial charge in [0.15, 0.2) is 0 Å². The van der Waals surface area contributed by atoms with Crippen LogP contribution in [0.1, 0.15) is 32.8 Å². The quantitative estimate of drug-likeness (QED) is 0.538. The first-order chi connectivity index (χ1) is 12.6. The molecule has 9 nitrogen and oxygen atoms in total. The number of carboxylic acids is 1. The van der Waals surface area contributed by atoms with Crippen molar-refractivity contribution in [1.82, 2.24) is 15.1 Å². The van der Waals surface area contributed by atoms with E-state index < -0.39 is 27.8 Å². The lowest BCUT2D eigenvalue weighted by Crippen LogP contribution is -2.51. The summed E-state index contributed by atoms with van der Waals surface area (Å²) in [7, 11) is 0. The average Bonchev–Trinajstić information content (AvgIpc) is 3.14. The molecule has 0 saturated carbocycles. The monoisotopic (exact) mass is 374 g/mol. The van der Waals surface area contributed by atoms with Gasteiger partial charge in [-0.15, -0.1) is 0 Å². The Bertz CT molecular complexity index is 846. The highest BCUT2D eigenvalue weighted by Gasteiger charge is 2.41. The molecule has 2 N–H and O–H groups in total. The number of amides is 1. The number of hydrogen-bond acceptors (Lipinski definition) is 5. The number of nitrogens with zero attached hydrogens (tertiary/aromatic N) is 3. The Morgan fingerprint density at radius 2 is 1.93 bits per heavy atom. The average molecular weight is 374 g/mol. The van der Waals surface area contributed by atoms with Crippen LogP contribution in [0.2, 0.25) is 0 Å². The number of aliphatic carboxylic acids is 1. The highest BCUT2D eigenvalue weighted by molar-refractivity contribution is 5.86. The van der Waals surface area contributed by atoms with Gasteiger partial charge in [-0.3, -0.25) is 24.4 Å². The van der Waals surface area contributed by atoms with E-state index in [0.717, 1.165) is 6.20 Å². The van der Waals surface area contributed by atoms with Gasteiger partial charge in [0.1, 0.15) is 23.3 Å². The van der Waals surface area contributed by atoms with E-state index in [-0.39, 0.29) is 18.7 Å². The van der Waals surface area contributed by atoms with Gasteiger partial charge in [-0.25, -0.2) is 0 Å². The standard InChI is InChI=1S/C18H22N4O5/c1-4-18(16(24)25,13-8-6-5-7-9-13)12-19-15(23)17(2,3)21-11-14(10-20-21)22(26)27/h5-11H,4,12H2,1-3H3,(H,19,23)(H,24,25). The molecule has 0 bridgehead atoms. The third-order valence-electron chi connectivity index (χ3n) is 4.80. The van der Waals surface area contributed by atoms with Gasteiger partial charge in [-0.05, 0) is 25.8 Å². The van der Waals surface area contributed by atoms with Crippen LogP contribution in [0.25, 0.3) is 0 Å². The summed E-state index contributed by atoms with van der Waals surface area (Å²) in [5.74, 6) is -1.53. The zero-order valence-corrected chi connectivity index (χ0v) is 15.4. The van der Waals surface area contributed by atoms with Crippen LogP contribution in [0.15, 0.2) is 42.7 Å². The summed E-state index contributed by atoms with van der Waals surface area (Å²) < 4.78 is 1.19. The van der Waals surface area contributed by atoms with Crippen LogP contribution in [-0.2, 0) is 20.5 Å². The van der Waals surface area contributed by atoms with Crippen molar-refractivity contribution in [2.75, 3.05) is 6.54 Å². The largest absolute Gasteiger partial charge is 0.481 e. The van der Waals surface area contributed by atoms with Crippen molar-refractivity contribution in [3.63, 3.8) is 0 Å². The second-order valence-electron chi connectivity index (χ2n) is 6.75. The molecular weight excluding hydrogens is 352 g/mol. The molecular formula is C18H22N4O5. The Labute approximate surface area is 156 Å². The summed E-state index contributed by atoms with van der Waals surface area (Å²) in [5.41, 5.74) is -2.15. The molecule has 0 spiro atoms. The van der Waals surface area contributed by atoms with Crippen LogP contribution in [0.3, 0.4) is 0 Å². The van der Waals surface area contributed by atoms with Crippen molar-refractivity contribution in [3.8, 4) is 0 Å². The fourth-order valence-electron chi connectivity index (χ4n) is 2.80. The van der Waals surface area contributed by atoms with Gasteiger partial charge < -0.3 is 10.4 Å². The first-order valence-electron chi connectivity index (χ1n) is 8.42. The van der Waals surface area contributed by atoms with Gasteiger partial charge in [-0.1, -0.05) is 37.3 Å². The number of benzene rings is 1. The third-order valence-corrected chi connectivity index (χ3v) is 4.80. The summed E-state index contributed by atoms with van der Waals surface area (Å²) >= 11 is 0. The Morgan fingerprint density at radius 1 is 1.30 bits per heavy atom. The van der Waals surface area contributed by atoms with Gasteiger partial charge in [0.25, 0.3) is 0 Å². The molecule has 1 amide bonds. The van der Waals surface area contributed by atoms with Gasteiger partial charge in [-0.2, -0.15) is 5.10 Å². The molecule has 144 valence electrons. The van der Waals surface area contributed by atoms with Crippen molar-refractivity contribution in [1.29, 1.82) is 0 Å². The van der Waals surface area contributed by atoms with Crippen molar-refractivity contribution in [2.45, 2.75) is 38.1 Å². The van der Waals surface area contributed by atoms with Crippen molar-refractivity contribution in [3.05, 3.63) is 58.4 Å². The van der Waals surface area contributed by atoms with E-state index in [9.17, 15) is 24.8 Å². The number of nitrogens with one attached hydrogen (secondary N) is 1. The van der Waals surface area contributed by atoms with E-state index in [2.05, 4.69) is 10.4 Å². The number of carbonyl (C=O) groups excluding carboxylic acids is 1. The van der Waals surface area contributed by atoms with Crippen molar-refractivity contribution < 1.29 is 19.6 Å². The van der Waals surface area contributed by atoms with Crippen LogP contribution in [-0.4, -0.2) is 38.2 Å². The van der Waals surface area contributed by atoms with Crippen LogP contribution in [0.4, 0.5) is 5.69 Å². The lowest BCUT2D eigenvalue weighted by Gasteiger charge is -2.31. The number of nitro groups is 1. The van der Waals surface area contributed by atoms with E-state index in [1.165, 1.54) is 10.9 Å². The summed E-state index contributed by atoms with van der Waals surface area (Å²) in [4.78, 5) is 35.0. The van der Waals surface area contributed by atoms with Gasteiger partial charge in [0.05, 0.1) is 4.92 Å². The second kappa shape index (κ2) is 7.56. The van der Waals surface area contributed by atoms with E-state index in [4.69, 9.17) is 0 Å². The second-order valence-corrected chi connectivity index (χ2v) is 6.75. The van der Waals surface area contributed by atoms with E-state index >= 15 is 0 Å². The van der Waals surface area contributed by atoms with Crippen molar-refractivity contribution in [2.24, 2.45) is 0 Å². The summed E-state index contributed by atoms with van der Waals surface area (Å²) in [5, 5.41) is 27.2. The maximum atomic E-state index is 12.7. The van der Waals surface area contributed by atoms with Gasteiger partial charge in [0.2, 0.25) is 5.91 Å². The minimum atomic E-state index is -1.27. The summed E-state index contributed by atoms with van der Waals surface area (Å²) in [6.45, 7) is 4.73. The molecule has 2 aromatic rings. The maximum absolute atomic E-state index is 12.7. The molecule has 27 heavy (non-hydrogen) atoms. The molecule has 1 heterocycles. The topological polar surface area (TPSA) is 127 Å². The number of hydrogen-bond donors (Lipinski definition) is 2. The minimum Gasteiger partial charge on any atom is -0.481 e. The van der Waals surface area contributed by atoms with Crippen LogP contribution in [0, 0.1) is 10.1 Å². The Hall–Kier alpha value is -3.23. The molecule has 0 aliphatic heterocycles. The van der Waals surface area contributed by atoms with Crippen LogP contribution in [0.5, 0.6) is 0 Å². The fourth-order valence-corrected chi connectivity index (χ4v) is 2.80. The molecule has 9 heteroatoms. The Kier molecular flexibility index (Phi) is 5.63. The fraction of sp³-hybridized carbons (Fsp3) is 0.389. The molecule has 1 aromatic heterocycles. The Balaban J connectivity index is 2.24. The summed E-state index contributed by atoms with van der Waals surface area (Å²) in [6, 6.07) is 8.71. The predicted octanol–water partition coefficient (Wildman–Crippen LogP) is 2.08. The zero-order valence-electron chi connectivity index (χ0n) is 15.4. The molecule has 0 fully saturated rings. The molecule has 1 unspecified atom stereocenters. The zero-order chi connectivity index (χ0) is 20.2. The maximum Gasteiger partial charge on any atom is 0.315 e. The predicted molar refractivity (Wildman–Crippen MR) is 97.3 cm³/mol. The lowest BCUT2D eigenvalue weighted by atomic mass is 9.78.